The Balaban J connectivity index is 2.06. The number of likely N-dealkylation sites (tertiary alicyclic amines) is 1. The molecule has 0 saturated carbocycles. The van der Waals surface area contributed by atoms with E-state index in [1.807, 2.05) is 0 Å². The summed E-state index contributed by atoms with van der Waals surface area (Å²) in [6.45, 7) is 1.72. The second-order valence-electron chi connectivity index (χ2n) is 6.51. The Bertz CT molecular complexity index is 593. The van der Waals surface area contributed by atoms with Crippen molar-refractivity contribution >= 4 is 11.7 Å². The standard InChI is InChI=1S/C18H27F2N3O3/c1-13-12-15(26-17(19)20)4-5-16(13)21-18(24)23(10-11-25-3)14-6-8-22(2)9-7-14/h4-5,12,14,17H,6-11H2,1-3H3,(H,21,24). The number of nitrogens with zero attached hydrogens (tertiary/aromatic N) is 2. The average Bonchev–Trinajstić information content (AvgIpc) is 2.58. The summed E-state index contributed by atoms with van der Waals surface area (Å²) in [7, 11) is 3.68. The number of hydrogen-bond donors (Lipinski definition) is 1. The molecule has 1 aliphatic rings. The number of anilines is 1. The van der Waals surface area contributed by atoms with Gasteiger partial charge in [0.25, 0.3) is 0 Å². The maximum Gasteiger partial charge on any atom is 0.387 e. The van der Waals surface area contributed by atoms with Crippen LogP contribution in [0.3, 0.4) is 0 Å². The molecule has 8 heteroatoms. The van der Waals surface area contributed by atoms with E-state index in [-0.39, 0.29) is 17.8 Å². The lowest BCUT2D eigenvalue weighted by atomic mass is 10.0. The zero-order chi connectivity index (χ0) is 19.1. The Labute approximate surface area is 153 Å². The fourth-order valence-electron chi connectivity index (χ4n) is 3.09. The Morgan fingerprint density at radius 2 is 2.08 bits per heavy atom. The number of ether oxygens (including phenoxy) is 2. The maximum absolute atomic E-state index is 12.8. The highest BCUT2D eigenvalue weighted by Gasteiger charge is 2.27. The third-order valence-corrected chi connectivity index (χ3v) is 4.59. The smallest absolute Gasteiger partial charge is 0.387 e. The summed E-state index contributed by atoms with van der Waals surface area (Å²) in [5.74, 6) is 0.0713. The number of hydrogen-bond acceptors (Lipinski definition) is 4. The molecule has 2 rings (SSSR count). The molecule has 0 aliphatic carbocycles. The maximum atomic E-state index is 12.8. The van der Waals surface area contributed by atoms with Gasteiger partial charge in [0.15, 0.2) is 0 Å². The number of piperidine rings is 1. The van der Waals surface area contributed by atoms with Crippen LogP contribution in [0.15, 0.2) is 18.2 Å². The summed E-state index contributed by atoms with van der Waals surface area (Å²) in [6, 6.07) is 4.43. The van der Waals surface area contributed by atoms with Gasteiger partial charge in [0.2, 0.25) is 0 Å². The minimum Gasteiger partial charge on any atom is -0.435 e. The van der Waals surface area contributed by atoms with Gasteiger partial charge < -0.3 is 24.6 Å². The second-order valence-corrected chi connectivity index (χ2v) is 6.51. The number of aryl methyl sites for hydroxylation is 1. The van der Waals surface area contributed by atoms with Crippen molar-refractivity contribution in [3.05, 3.63) is 23.8 Å². The Morgan fingerprint density at radius 3 is 2.65 bits per heavy atom. The van der Waals surface area contributed by atoms with Gasteiger partial charge in [0.05, 0.1) is 6.61 Å². The minimum atomic E-state index is -2.87. The third-order valence-electron chi connectivity index (χ3n) is 4.59. The van der Waals surface area contributed by atoms with Gasteiger partial charge in [-0.25, -0.2) is 4.79 Å². The predicted octanol–water partition coefficient (Wildman–Crippen LogP) is 3.17. The molecule has 1 heterocycles. The lowest BCUT2D eigenvalue weighted by Gasteiger charge is -2.37. The van der Waals surface area contributed by atoms with Crippen LogP contribution < -0.4 is 10.1 Å². The molecule has 1 saturated heterocycles. The van der Waals surface area contributed by atoms with Crippen molar-refractivity contribution in [2.24, 2.45) is 0 Å². The first-order chi connectivity index (χ1) is 12.4. The van der Waals surface area contributed by atoms with Crippen molar-refractivity contribution in [3.63, 3.8) is 0 Å². The molecule has 1 N–H and O–H groups in total. The van der Waals surface area contributed by atoms with E-state index in [2.05, 4.69) is 22.0 Å². The molecule has 0 bridgehead atoms. The molecule has 6 nitrogen and oxygen atoms in total. The Hall–Kier alpha value is -1.93. The van der Waals surface area contributed by atoms with Gasteiger partial charge in [0.1, 0.15) is 5.75 Å². The summed E-state index contributed by atoms with van der Waals surface area (Å²) < 4.78 is 34.1. The van der Waals surface area contributed by atoms with E-state index in [0.29, 0.717) is 24.4 Å². The van der Waals surface area contributed by atoms with Crippen LogP contribution in [0.25, 0.3) is 0 Å². The number of nitrogens with one attached hydrogen (secondary N) is 1. The van der Waals surface area contributed by atoms with Gasteiger partial charge in [-0.2, -0.15) is 8.78 Å². The van der Waals surface area contributed by atoms with Crippen molar-refractivity contribution in [1.29, 1.82) is 0 Å². The molecule has 1 fully saturated rings. The van der Waals surface area contributed by atoms with Crippen LogP contribution in [0.4, 0.5) is 19.3 Å². The van der Waals surface area contributed by atoms with Gasteiger partial charge in [-0.3, -0.25) is 0 Å². The van der Waals surface area contributed by atoms with Crippen LogP contribution in [-0.4, -0.2) is 68.9 Å². The molecule has 1 aliphatic heterocycles. The molecule has 0 radical (unpaired) electrons. The van der Waals surface area contributed by atoms with Crippen LogP contribution in [0, 0.1) is 6.92 Å². The van der Waals surface area contributed by atoms with E-state index in [1.54, 1.807) is 25.0 Å². The van der Waals surface area contributed by atoms with Crippen LogP contribution in [0.2, 0.25) is 0 Å². The predicted molar refractivity (Wildman–Crippen MR) is 95.9 cm³/mol. The number of carbonyl (C=O) groups excluding carboxylic acids is 1. The van der Waals surface area contributed by atoms with Crippen LogP contribution in [0.5, 0.6) is 5.75 Å². The molecule has 2 amide bonds. The SMILES string of the molecule is COCCN(C(=O)Nc1ccc(OC(F)F)cc1C)C1CCN(C)CC1. The molecule has 1 aromatic rings. The highest BCUT2D eigenvalue weighted by Crippen LogP contribution is 2.24. The van der Waals surface area contributed by atoms with E-state index < -0.39 is 6.61 Å². The zero-order valence-electron chi connectivity index (χ0n) is 15.5. The topological polar surface area (TPSA) is 54.0 Å². The van der Waals surface area contributed by atoms with Crippen molar-refractivity contribution in [2.75, 3.05) is 45.7 Å². The van der Waals surface area contributed by atoms with Crippen molar-refractivity contribution in [3.8, 4) is 5.75 Å². The number of amides is 2. The van der Waals surface area contributed by atoms with Gasteiger partial charge >= 0.3 is 12.6 Å². The summed E-state index contributed by atoms with van der Waals surface area (Å²) in [5, 5.41) is 2.88. The largest absolute Gasteiger partial charge is 0.435 e. The average molecular weight is 371 g/mol. The van der Waals surface area contributed by atoms with E-state index in [4.69, 9.17) is 4.74 Å². The number of carbonyl (C=O) groups is 1. The number of urea groups is 1. The first-order valence-electron chi connectivity index (χ1n) is 8.71. The summed E-state index contributed by atoms with van der Waals surface area (Å²) in [6.07, 6.45) is 1.82. The van der Waals surface area contributed by atoms with Crippen molar-refractivity contribution in [1.82, 2.24) is 9.80 Å². The normalized spacial score (nSPS) is 15.9. The second kappa shape index (κ2) is 9.68. The lowest BCUT2D eigenvalue weighted by molar-refractivity contribution is -0.0498. The van der Waals surface area contributed by atoms with Crippen LogP contribution >= 0.6 is 0 Å². The lowest BCUT2D eigenvalue weighted by Crippen LogP contribution is -2.49. The van der Waals surface area contributed by atoms with E-state index >= 15 is 0 Å². The number of halogens is 2. The van der Waals surface area contributed by atoms with Crippen LogP contribution in [0.1, 0.15) is 18.4 Å². The van der Waals surface area contributed by atoms with E-state index in [0.717, 1.165) is 25.9 Å². The molecular formula is C18H27F2N3O3. The number of alkyl halides is 2. The van der Waals surface area contributed by atoms with Crippen molar-refractivity contribution in [2.45, 2.75) is 32.4 Å². The van der Waals surface area contributed by atoms with Crippen LogP contribution in [-0.2, 0) is 4.74 Å². The molecular weight excluding hydrogens is 344 g/mol. The summed E-state index contributed by atoms with van der Waals surface area (Å²) in [4.78, 5) is 16.9. The number of methoxy groups -OCH3 is 1. The van der Waals surface area contributed by atoms with Gasteiger partial charge in [-0.1, -0.05) is 0 Å². The fourth-order valence-corrected chi connectivity index (χ4v) is 3.09. The minimum absolute atomic E-state index is 0.0713. The quantitative estimate of drug-likeness (QED) is 0.800. The molecule has 0 atom stereocenters. The van der Waals surface area contributed by atoms with Gasteiger partial charge in [-0.15, -0.1) is 0 Å². The number of rotatable bonds is 7. The van der Waals surface area contributed by atoms with Gasteiger partial charge in [0, 0.05) is 25.4 Å². The third kappa shape index (κ3) is 5.81. The Morgan fingerprint density at radius 1 is 1.38 bits per heavy atom. The molecule has 0 spiro atoms. The molecule has 146 valence electrons. The van der Waals surface area contributed by atoms with Crippen molar-refractivity contribution < 1.29 is 23.0 Å². The first-order valence-corrected chi connectivity index (χ1v) is 8.71. The Kier molecular flexibility index (Phi) is 7.59. The highest BCUT2D eigenvalue weighted by atomic mass is 19.3. The fraction of sp³-hybridized carbons (Fsp3) is 0.611. The monoisotopic (exact) mass is 371 g/mol. The summed E-state index contributed by atoms with van der Waals surface area (Å²) in [5.41, 5.74) is 1.23. The molecule has 0 aromatic heterocycles. The van der Waals surface area contributed by atoms with E-state index in [9.17, 15) is 13.6 Å². The zero-order valence-corrected chi connectivity index (χ0v) is 15.5. The number of benzene rings is 1. The first kappa shape index (κ1) is 20.4. The molecule has 1 aromatic carbocycles. The van der Waals surface area contributed by atoms with E-state index in [1.165, 1.54) is 12.1 Å². The van der Waals surface area contributed by atoms with Gasteiger partial charge in [-0.05, 0) is 63.7 Å². The molecule has 0 unspecified atom stereocenters. The highest BCUT2D eigenvalue weighted by molar-refractivity contribution is 5.90. The summed E-state index contributed by atoms with van der Waals surface area (Å²) >= 11 is 0. The molecule has 26 heavy (non-hydrogen) atoms.